The highest BCUT2D eigenvalue weighted by Crippen LogP contribution is 2.38. The average molecular weight is 423 g/mol. The summed E-state index contributed by atoms with van der Waals surface area (Å²) in [5.74, 6) is -2.11. The molecule has 3 heterocycles. The lowest BCUT2D eigenvalue weighted by atomic mass is 9.86. The van der Waals surface area contributed by atoms with E-state index in [9.17, 15) is 19.8 Å². The van der Waals surface area contributed by atoms with Gasteiger partial charge in [0.1, 0.15) is 11.4 Å². The van der Waals surface area contributed by atoms with Crippen LogP contribution >= 0.6 is 0 Å². The zero-order valence-corrected chi connectivity index (χ0v) is 16.9. The fourth-order valence-corrected chi connectivity index (χ4v) is 4.73. The van der Waals surface area contributed by atoms with Crippen LogP contribution in [0.3, 0.4) is 0 Å². The molecule has 0 saturated heterocycles. The van der Waals surface area contributed by atoms with E-state index in [1.54, 1.807) is 6.07 Å². The van der Waals surface area contributed by atoms with Crippen molar-refractivity contribution in [2.24, 2.45) is 0 Å². The Hall–Kier alpha value is -4.13. The first-order chi connectivity index (χ1) is 15.5. The first-order valence-electron chi connectivity index (χ1n) is 10.4. The van der Waals surface area contributed by atoms with Crippen LogP contribution in [-0.4, -0.2) is 37.1 Å². The molecule has 0 amide bonds. The molecule has 0 atom stereocenters. The van der Waals surface area contributed by atoms with Gasteiger partial charge in [-0.3, -0.25) is 0 Å². The van der Waals surface area contributed by atoms with Crippen molar-refractivity contribution in [2.45, 2.75) is 25.7 Å². The predicted molar refractivity (Wildman–Crippen MR) is 117 cm³/mol. The van der Waals surface area contributed by atoms with E-state index in [0.29, 0.717) is 17.1 Å². The van der Waals surface area contributed by atoms with Gasteiger partial charge in [-0.15, -0.1) is 0 Å². The topological polar surface area (TPSA) is 113 Å². The van der Waals surface area contributed by atoms with Gasteiger partial charge < -0.3 is 10.2 Å². The van der Waals surface area contributed by atoms with E-state index in [0.717, 1.165) is 64.4 Å². The minimum absolute atomic E-state index is 0.00302. The fourth-order valence-electron chi connectivity index (χ4n) is 4.73. The molecule has 0 saturated carbocycles. The fraction of sp³-hybridized carbons (Fsp3) is 0.160. The van der Waals surface area contributed by atoms with Gasteiger partial charge in [0.2, 0.25) is 0 Å². The summed E-state index contributed by atoms with van der Waals surface area (Å²) in [5, 5.41) is 19.7. The molecule has 3 aromatic heterocycles. The highest BCUT2D eigenvalue weighted by Gasteiger charge is 2.24. The van der Waals surface area contributed by atoms with Crippen molar-refractivity contribution in [1.82, 2.24) is 15.0 Å². The molecular weight excluding hydrogens is 406 g/mol. The monoisotopic (exact) mass is 423 g/mol. The zero-order valence-electron chi connectivity index (χ0n) is 16.9. The third-order valence-electron chi connectivity index (χ3n) is 6.32. The minimum atomic E-state index is -1.06. The van der Waals surface area contributed by atoms with Gasteiger partial charge in [0.25, 0.3) is 0 Å². The maximum atomic E-state index is 11.4. The van der Waals surface area contributed by atoms with Crippen molar-refractivity contribution in [3.05, 3.63) is 76.1 Å². The lowest BCUT2D eigenvalue weighted by Crippen LogP contribution is -2.12. The van der Waals surface area contributed by atoms with Crippen LogP contribution in [0.1, 0.15) is 43.2 Å². The Labute approximate surface area is 182 Å². The molecule has 0 fully saturated rings. The summed E-state index contributed by atoms with van der Waals surface area (Å²) in [5.41, 5.74) is 7.92. The number of carbonyl (C=O) groups is 2. The molecule has 32 heavy (non-hydrogen) atoms. The van der Waals surface area contributed by atoms with Gasteiger partial charge in [-0.25, -0.2) is 24.5 Å². The Morgan fingerprint density at radius 2 is 1.16 bits per heavy atom. The summed E-state index contributed by atoms with van der Waals surface area (Å²) in [6.45, 7) is 0. The zero-order chi connectivity index (χ0) is 22.0. The number of hydrogen-bond acceptors (Lipinski definition) is 5. The summed E-state index contributed by atoms with van der Waals surface area (Å²) >= 11 is 0. The minimum Gasteiger partial charge on any atom is -0.477 e. The molecule has 7 heteroatoms. The maximum Gasteiger partial charge on any atom is 0.354 e. The number of fused-ring (bicyclic) bond motifs is 7. The first kappa shape index (κ1) is 18.6. The van der Waals surface area contributed by atoms with Crippen LogP contribution < -0.4 is 0 Å². The lowest BCUT2D eigenvalue weighted by molar-refractivity contribution is 0.0680. The van der Waals surface area contributed by atoms with Gasteiger partial charge in [0.15, 0.2) is 0 Å². The molecule has 0 bridgehead atoms. The first-order valence-corrected chi connectivity index (χ1v) is 10.4. The van der Waals surface area contributed by atoms with E-state index in [1.807, 2.05) is 18.2 Å². The number of aryl methyl sites for hydroxylation is 4. The molecule has 6 rings (SSSR count). The van der Waals surface area contributed by atoms with Crippen LogP contribution in [0.15, 0.2) is 42.5 Å². The summed E-state index contributed by atoms with van der Waals surface area (Å²) < 4.78 is 0. The third-order valence-corrected chi connectivity index (χ3v) is 6.32. The number of benzene rings is 1. The smallest absolute Gasteiger partial charge is 0.354 e. The second kappa shape index (κ2) is 6.68. The summed E-state index contributed by atoms with van der Waals surface area (Å²) in [6, 6.07) is 12.9. The van der Waals surface area contributed by atoms with E-state index in [2.05, 4.69) is 22.1 Å². The van der Waals surface area contributed by atoms with Crippen molar-refractivity contribution < 1.29 is 19.8 Å². The molecule has 2 N–H and O–H groups in total. The Bertz CT molecular complexity index is 1380. The van der Waals surface area contributed by atoms with Gasteiger partial charge in [-0.1, -0.05) is 12.1 Å². The van der Waals surface area contributed by atoms with Crippen molar-refractivity contribution in [3.63, 3.8) is 0 Å². The standard InChI is InChI=1S/C25H17N3O4/c29-24(30)18-7-5-12-1-3-14-9-16-10-15-4-2-13-6-8-19(25(31)32)27-22(13)23(15)28-20(16)11-17(14)21(12)26-18/h5-11H,1-4H2,(H,29,30)(H,31,32). The number of rotatable bonds is 2. The van der Waals surface area contributed by atoms with Gasteiger partial charge in [0, 0.05) is 10.9 Å². The molecule has 0 radical (unpaired) electrons. The third kappa shape index (κ3) is 2.78. The molecular formula is C25H17N3O4. The van der Waals surface area contributed by atoms with Crippen molar-refractivity contribution in [1.29, 1.82) is 0 Å². The van der Waals surface area contributed by atoms with Crippen LogP contribution in [0.5, 0.6) is 0 Å². The second-order valence-corrected chi connectivity index (χ2v) is 8.22. The molecule has 1 aromatic carbocycles. The SMILES string of the molecule is O=C(O)c1ccc2c(n1)-c1cc3nc4c(cc3cc1CC2)CCc1ccc(C(=O)O)nc1-4. The Morgan fingerprint density at radius 3 is 1.84 bits per heavy atom. The van der Waals surface area contributed by atoms with Crippen LogP contribution in [0.2, 0.25) is 0 Å². The quantitative estimate of drug-likeness (QED) is 0.502. The highest BCUT2D eigenvalue weighted by molar-refractivity contribution is 5.92. The maximum absolute atomic E-state index is 11.4. The van der Waals surface area contributed by atoms with Gasteiger partial charge in [-0.2, -0.15) is 0 Å². The second-order valence-electron chi connectivity index (χ2n) is 8.22. The molecule has 0 unspecified atom stereocenters. The van der Waals surface area contributed by atoms with Crippen LogP contribution in [0.4, 0.5) is 0 Å². The summed E-state index contributed by atoms with van der Waals surface area (Å²) in [7, 11) is 0. The Balaban J connectivity index is 1.56. The van der Waals surface area contributed by atoms with Gasteiger partial charge >= 0.3 is 11.9 Å². The predicted octanol–water partition coefficient (Wildman–Crippen LogP) is 3.95. The molecule has 4 aromatic rings. The Kier molecular flexibility index (Phi) is 3.89. The molecule has 0 spiro atoms. The molecule has 7 nitrogen and oxygen atoms in total. The van der Waals surface area contributed by atoms with E-state index >= 15 is 0 Å². The van der Waals surface area contributed by atoms with E-state index in [4.69, 9.17) is 4.98 Å². The largest absolute Gasteiger partial charge is 0.477 e. The van der Waals surface area contributed by atoms with Crippen LogP contribution in [0, 0.1) is 0 Å². The van der Waals surface area contributed by atoms with Crippen molar-refractivity contribution >= 4 is 22.8 Å². The number of carboxylic acid groups (broad SMARTS) is 2. The number of aromatic carboxylic acids is 2. The van der Waals surface area contributed by atoms with E-state index in [1.165, 1.54) is 6.07 Å². The lowest BCUT2D eigenvalue weighted by Gasteiger charge is -2.22. The molecule has 2 aliphatic carbocycles. The summed E-state index contributed by atoms with van der Waals surface area (Å²) in [6.07, 6.45) is 3.29. The Morgan fingerprint density at radius 1 is 0.625 bits per heavy atom. The van der Waals surface area contributed by atoms with Gasteiger partial charge in [0.05, 0.1) is 22.6 Å². The van der Waals surface area contributed by atoms with E-state index in [-0.39, 0.29) is 11.4 Å². The van der Waals surface area contributed by atoms with E-state index < -0.39 is 11.9 Å². The molecule has 156 valence electrons. The van der Waals surface area contributed by atoms with Gasteiger partial charge in [-0.05, 0) is 78.3 Å². The number of aromatic nitrogens is 3. The number of pyridine rings is 3. The highest BCUT2D eigenvalue weighted by atomic mass is 16.4. The molecule has 0 aliphatic heterocycles. The van der Waals surface area contributed by atoms with Crippen molar-refractivity contribution in [2.75, 3.05) is 0 Å². The normalized spacial score (nSPS) is 13.6. The van der Waals surface area contributed by atoms with Crippen LogP contribution in [-0.2, 0) is 25.7 Å². The number of nitrogens with zero attached hydrogens (tertiary/aromatic N) is 3. The van der Waals surface area contributed by atoms with Crippen molar-refractivity contribution in [3.8, 4) is 22.6 Å². The molecule has 2 aliphatic rings. The summed E-state index contributed by atoms with van der Waals surface area (Å²) in [4.78, 5) is 36.6. The number of hydrogen-bond donors (Lipinski definition) is 2. The van der Waals surface area contributed by atoms with Crippen LogP contribution in [0.25, 0.3) is 33.5 Å². The average Bonchev–Trinajstić information content (AvgIpc) is 2.80. The number of carboxylic acids is 2.